The lowest BCUT2D eigenvalue weighted by Gasteiger charge is -2.24. The molecule has 0 radical (unpaired) electrons. The maximum Gasteiger partial charge on any atom is 0.411 e. The molecule has 1 saturated heterocycles. The molecule has 1 aliphatic heterocycles. The van der Waals surface area contributed by atoms with Gasteiger partial charge in [-0.05, 0) is 127 Å². The van der Waals surface area contributed by atoms with Gasteiger partial charge in [-0.2, -0.15) is 4.98 Å². The number of ether oxygens (including phenoxy) is 1. The molecule has 1 atom stereocenters. The summed E-state index contributed by atoms with van der Waals surface area (Å²) in [6.45, 7) is 3.83. The molecule has 13 heteroatoms. The highest BCUT2D eigenvalue weighted by molar-refractivity contribution is 14.1. The van der Waals surface area contributed by atoms with Crippen molar-refractivity contribution in [1.82, 2.24) is 14.8 Å². The SMILES string of the molecule is COc1c(I)cc(CC[C@H](Nc2nc3ccc(N(CCN(C)C)C(=O)O)c(C)c3c(=O)o2)C(=O)N2CCCC2)cc1I. The average molecular weight is 803 g/mol. The summed E-state index contributed by atoms with van der Waals surface area (Å²) >= 11 is 4.49. The van der Waals surface area contributed by atoms with E-state index in [1.165, 1.54) is 4.90 Å². The van der Waals surface area contributed by atoms with Crippen LogP contribution in [-0.2, 0) is 11.2 Å². The second-order valence-corrected chi connectivity index (χ2v) is 12.8. The molecule has 0 unspecified atom stereocenters. The third-order valence-corrected chi connectivity index (χ3v) is 8.92. The predicted octanol–water partition coefficient (Wildman–Crippen LogP) is 4.80. The highest BCUT2D eigenvalue weighted by Gasteiger charge is 2.28. The number of methoxy groups -OCH3 is 1. The molecule has 2 N–H and O–H groups in total. The zero-order chi connectivity index (χ0) is 30.6. The van der Waals surface area contributed by atoms with Crippen LogP contribution >= 0.6 is 45.2 Å². The normalized spacial score (nSPS) is 13.9. The molecule has 226 valence electrons. The van der Waals surface area contributed by atoms with Gasteiger partial charge in [0, 0.05) is 26.2 Å². The number of carbonyl (C=O) groups is 2. The Balaban J connectivity index is 1.63. The van der Waals surface area contributed by atoms with Gasteiger partial charge in [0.15, 0.2) is 0 Å². The lowest BCUT2D eigenvalue weighted by Crippen LogP contribution is -2.42. The number of carbonyl (C=O) groups excluding carboxylic acids is 1. The second-order valence-electron chi connectivity index (χ2n) is 10.5. The van der Waals surface area contributed by atoms with Crippen LogP contribution in [0, 0.1) is 14.1 Å². The lowest BCUT2D eigenvalue weighted by molar-refractivity contribution is -0.131. The summed E-state index contributed by atoms with van der Waals surface area (Å²) in [5.41, 5.74) is 1.65. The fourth-order valence-electron chi connectivity index (χ4n) is 5.11. The Morgan fingerprint density at radius 2 is 1.83 bits per heavy atom. The zero-order valence-electron chi connectivity index (χ0n) is 24.1. The first-order chi connectivity index (χ1) is 20.0. The topological polar surface area (TPSA) is 128 Å². The Kier molecular flexibility index (Phi) is 10.9. The van der Waals surface area contributed by atoms with Gasteiger partial charge in [-0.25, -0.2) is 9.59 Å². The molecule has 0 saturated carbocycles. The number of halogens is 2. The minimum absolute atomic E-state index is 0.0428. The summed E-state index contributed by atoms with van der Waals surface area (Å²) in [6, 6.07) is 6.67. The summed E-state index contributed by atoms with van der Waals surface area (Å²) in [4.78, 5) is 48.2. The van der Waals surface area contributed by atoms with Crippen LogP contribution < -0.4 is 20.6 Å². The van der Waals surface area contributed by atoms with Gasteiger partial charge in [-0.15, -0.1) is 0 Å². The number of hydrogen-bond donors (Lipinski definition) is 2. The molecule has 1 fully saturated rings. The molecule has 4 rings (SSSR count). The van der Waals surface area contributed by atoms with Gasteiger partial charge in [0.2, 0.25) is 5.91 Å². The van der Waals surface area contributed by atoms with Gasteiger partial charge < -0.3 is 29.4 Å². The second kappa shape index (κ2) is 14.2. The molecule has 0 aliphatic carbocycles. The quantitative estimate of drug-likeness (QED) is 0.263. The summed E-state index contributed by atoms with van der Waals surface area (Å²) in [6.07, 6.45) is 1.89. The monoisotopic (exact) mass is 803 g/mol. The van der Waals surface area contributed by atoms with Crippen LogP contribution in [0.2, 0.25) is 0 Å². The van der Waals surface area contributed by atoms with Gasteiger partial charge in [-0.3, -0.25) is 9.69 Å². The number of amides is 2. The molecular weight excluding hydrogens is 768 g/mol. The molecule has 42 heavy (non-hydrogen) atoms. The number of nitrogens with one attached hydrogen (secondary N) is 1. The lowest BCUT2D eigenvalue weighted by atomic mass is 10.0. The Hall–Kier alpha value is -2.66. The van der Waals surface area contributed by atoms with Crippen molar-refractivity contribution < 1.29 is 23.8 Å². The Morgan fingerprint density at radius 1 is 1.17 bits per heavy atom. The van der Waals surface area contributed by atoms with E-state index in [-0.39, 0.29) is 23.9 Å². The van der Waals surface area contributed by atoms with Crippen molar-refractivity contribution >= 4 is 79.8 Å². The molecule has 0 bridgehead atoms. The molecule has 11 nitrogen and oxygen atoms in total. The molecule has 1 aliphatic rings. The Morgan fingerprint density at radius 3 is 2.43 bits per heavy atom. The largest absolute Gasteiger partial charge is 0.495 e. The van der Waals surface area contributed by atoms with Crippen molar-refractivity contribution in [3.8, 4) is 5.75 Å². The number of aromatic nitrogens is 1. The van der Waals surface area contributed by atoms with E-state index in [1.807, 2.05) is 36.0 Å². The zero-order valence-corrected chi connectivity index (χ0v) is 28.4. The van der Waals surface area contributed by atoms with Crippen LogP contribution in [0.1, 0.15) is 30.4 Å². The fraction of sp³-hybridized carbons (Fsp3) is 0.448. The number of anilines is 2. The number of benzene rings is 2. The summed E-state index contributed by atoms with van der Waals surface area (Å²) in [5, 5.41) is 13.1. The molecule has 3 aromatic rings. The molecular formula is C29H35I2N5O6. The van der Waals surface area contributed by atoms with Crippen LogP contribution in [0.5, 0.6) is 5.75 Å². The minimum atomic E-state index is -1.11. The third-order valence-electron chi connectivity index (χ3n) is 7.32. The standard InChI is InChI=1S/C29H35I2N5O6/c1-17-23(36(29(39)40)14-13-34(2)3)10-9-21-24(17)27(38)42-28(32-21)33-22(26(37)35-11-5-6-12-35)8-7-18-15-19(30)25(41-4)20(31)16-18/h9-10,15-16,22H,5-8,11-14H2,1-4H3,(H,32,33)(H,39,40)/t22-/m0/s1. The summed E-state index contributed by atoms with van der Waals surface area (Å²) < 4.78 is 13.1. The minimum Gasteiger partial charge on any atom is -0.495 e. The summed E-state index contributed by atoms with van der Waals surface area (Å²) in [7, 11) is 5.37. The number of fused-ring (bicyclic) bond motifs is 1. The van der Waals surface area contributed by atoms with E-state index in [1.54, 1.807) is 26.2 Å². The number of carboxylic acid groups (broad SMARTS) is 1. The van der Waals surface area contributed by atoms with Gasteiger partial charge in [0.1, 0.15) is 11.8 Å². The van der Waals surface area contributed by atoms with E-state index in [4.69, 9.17) is 9.15 Å². The molecule has 0 spiro atoms. The third kappa shape index (κ3) is 7.45. The first-order valence-electron chi connectivity index (χ1n) is 13.7. The molecule has 2 aromatic carbocycles. The number of hydrogen-bond acceptors (Lipinski definition) is 8. The first-order valence-corrected chi connectivity index (χ1v) is 15.8. The van der Waals surface area contributed by atoms with Crippen molar-refractivity contribution in [1.29, 1.82) is 0 Å². The van der Waals surface area contributed by atoms with E-state index in [0.717, 1.165) is 31.3 Å². The average Bonchev–Trinajstić information content (AvgIpc) is 3.46. The smallest absolute Gasteiger partial charge is 0.411 e. The highest BCUT2D eigenvalue weighted by Crippen LogP contribution is 2.30. The van der Waals surface area contributed by atoms with Crippen molar-refractivity contribution in [2.24, 2.45) is 0 Å². The Labute approximate surface area is 271 Å². The van der Waals surface area contributed by atoms with Crippen LogP contribution in [0.4, 0.5) is 16.5 Å². The predicted molar refractivity (Wildman–Crippen MR) is 179 cm³/mol. The molecule has 2 heterocycles. The molecule has 2 amide bonds. The fourth-order valence-corrected chi connectivity index (χ4v) is 7.45. The van der Waals surface area contributed by atoms with Crippen LogP contribution in [0.15, 0.2) is 33.5 Å². The van der Waals surface area contributed by atoms with Gasteiger partial charge in [0.25, 0.3) is 6.01 Å². The number of likely N-dealkylation sites (N-methyl/N-ethyl adjacent to an activating group) is 1. The van der Waals surface area contributed by atoms with Crippen molar-refractivity contribution in [2.75, 3.05) is 57.6 Å². The maximum absolute atomic E-state index is 13.5. The van der Waals surface area contributed by atoms with Crippen molar-refractivity contribution in [3.05, 3.63) is 53.0 Å². The van der Waals surface area contributed by atoms with E-state index < -0.39 is 17.8 Å². The Bertz CT molecular complexity index is 1500. The maximum atomic E-state index is 13.5. The number of aryl methyl sites for hydroxylation is 2. The number of likely N-dealkylation sites (tertiary alicyclic amines) is 1. The van der Waals surface area contributed by atoms with Gasteiger partial charge >= 0.3 is 11.7 Å². The van der Waals surface area contributed by atoms with E-state index >= 15 is 0 Å². The summed E-state index contributed by atoms with van der Waals surface area (Å²) in [5.74, 6) is 0.770. The number of nitrogens with zero attached hydrogens (tertiary/aromatic N) is 4. The van der Waals surface area contributed by atoms with E-state index in [2.05, 4.69) is 55.5 Å². The first kappa shape index (κ1) is 32.3. The van der Waals surface area contributed by atoms with Crippen LogP contribution in [-0.4, -0.2) is 85.3 Å². The van der Waals surface area contributed by atoms with Crippen molar-refractivity contribution in [2.45, 2.75) is 38.6 Å². The van der Waals surface area contributed by atoms with Gasteiger partial charge in [-0.1, -0.05) is 0 Å². The van der Waals surface area contributed by atoms with Crippen LogP contribution in [0.3, 0.4) is 0 Å². The van der Waals surface area contributed by atoms with Gasteiger partial charge in [0.05, 0.1) is 30.8 Å². The highest BCUT2D eigenvalue weighted by atomic mass is 127. The molecule has 1 aromatic heterocycles. The van der Waals surface area contributed by atoms with Crippen LogP contribution in [0.25, 0.3) is 10.9 Å². The van der Waals surface area contributed by atoms with E-state index in [0.29, 0.717) is 49.2 Å². The van der Waals surface area contributed by atoms with E-state index in [9.17, 15) is 19.5 Å². The number of rotatable bonds is 11. The van der Waals surface area contributed by atoms with Crippen molar-refractivity contribution in [3.63, 3.8) is 0 Å².